The van der Waals surface area contributed by atoms with Gasteiger partial charge in [0, 0.05) is 10.6 Å². The van der Waals surface area contributed by atoms with Crippen molar-refractivity contribution in [3.8, 4) is 0 Å². The molecule has 5 heteroatoms. The predicted octanol–water partition coefficient (Wildman–Crippen LogP) is 2.40. The number of aliphatic hydroxyl groups is 1. The van der Waals surface area contributed by atoms with E-state index in [2.05, 4.69) is 5.32 Å². The molecule has 0 bridgehead atoms. The zero-order chi connectivity index (χ0) is 13.2. The summed E-state index contributed by atoms with van der Waals surface area (Å²) in [7, 11) is 0. The SMILES string of the molecule is O=C(NC1C=C(Cl)C=CC1(O)Cl)c1ccccc1. The van der Waals surface area contributed by atoms with E-state index in [1.54, 1.807) is 24.3 Å². The van der Waals surface area contributed by atoms with Crippen molar-refractivity contribution in [1.29, 1.82) is 0 Å². The molecular weight excluding hydrogens is 273 g/mol. The number of hydrogen-bond donors (Lipinski definition) is 2. The normalized spacial score (nSPS) is 26.6. The summed E-state index contributed by atoms with van der Waals surface area (Å²) in [5.74, 6) is -0.323. The number of carbonyl (C=O) groups excluding carboxylic acids is 1. The second kappa shape index (κ2) is 5.14. The molecule has 1 aliphatic carbocycles. The highest BCUT2D eigenvalue weighted by atomic mass is 35.5. The van der Waals surface area contributed by atoms with Gasteiger partial charge in [-0.15, -0.1) is 0 Å². The number of benzene rings is 1. The van der Waals surface area contributed by atoms with Crippen molar-refractivity contribution in [2.45, 2.75) is 11.1 Å². The van der Waals surface area contributed by atoms with Gasteiger partial charge < -0.3 is 10.4 Å². The van der Waals surface area contributed by atoms with Gasteiger partial charge in [-0.2, -0.15) is 0 Å². The zero-order valence-corrected chi connectivity index (χ0v) is 10.8. The summed E-state index contributed by atoms with van der Waals surface area (Å²) in [5, 5.41) is 11.3. The minimum absolute atomic E-state index is 0.323. The van der Waals surface area contributed by atoms with E-state index in [-0.39, 0.29) is 5.91 Å². The van der Waals surface area contributed by atoms with Crippen molar-refractivity contribution < 1.29 is 9.90 Å². The quantitative estimate of drug-likeness (QED) is 0.819. The van der Waals surface area contributed by atoms with Crippen LogP contribution < -0.4 is 5.32 Å². The Morgan fingerprint density at radius 1 is 1.33 bits per heavy atom. The highest BCUT2D eigenvalue weighted by molar-refractivity contribution is 6.32. The number of amides is 1. The molecule has 2 N–H and O–H groups in total. The molecule has 1 aromatic carbocycles. The summed E-state index contributed by atoms with van der Waals surface area (Å²) < 4.78 is 0. The Kier molecular flexibility index (Phi) is 3.76. The first-order valence-corrected chi connectivity index (χ1v) is 6.08. The lowest BCUT2D eigenvalue weighted by Crippen LogP contribution is -2.48. The van der Waals surface area contributed by atoms with E-state index in [1.807, 2.05) is 6.07 Å². The third-order valence-electron chi connectivity index (χ3n) is 2.56. The van der Waals surface area contributed by atoms with Gasteiger partial charge in [-0.05, 0) is 30.4 Å². The van der Waals surface area contributed by atoms with E-state index in [4.69, 9.17) is 23.2 Å². The number of alkyl halides is 1. The molecule has 0 saturated heterocycles. The largest absolute Gasteiger partial charge is 0.369 e. The molecule has 1 amide bonds. The van der Waals surface area contributed by atoms with Crippen LogP contribution in [-0.4, -0.2) is 22.1 Å². The van der Waals surface area contributed by atoms with E-state index >= 15 is 0 Å². The van der Waals surface area contributed by atoms with Gasteiger partial charge in [0.2, 0.25) is 0 Å². The van der Waals surface area contributed by atoms with Gasteiger partial charge in [0.05, 0.1) is 6.04 Å². The van der Waals surface area contributed by atoms with Crippen molar-refractivity contribution in [3.63, 3.8) is 0 Å². The average molecular weight is 284 g/mol. The minimum Gasteiger partial charge on any atom is -0.369 e. The Balaban J connectivity index is 2.14. The van der Waals surface area contributed by atoms with Gasteiger partial charge in [-0.3, -0.25) is 4.79 Å². The maximum atomic E-state index is 11.9. The van der Waals surface area contributed by atoms with Crippen LogP contribution in [0.15, 0.2) is 53.6 Å². The molecule has 2 atom stereocenters. The first kappa shape index (κ1) is 13.1. The molecule has 0 aromatic heterocycles. The smallest absolute Gasteiger partial charge is 0.251 e. The molecule has 0 radical (unpaired) electrons. The van der Waals surface area contributed by atoms with Crippen molar-refractivity contribution in [1.82, 2.24) is 5.32 Å². The summed E-state index contributed by atoms with van der Waals surface area (Å²) >= 11 is 11.7. The summed E-state index contributed by atoms with van der Waals surface area (Å²) in [6, 6.07) is 7.90. The Morgan fingerprint density at radius 2 is 2.00 bits per heavy atom. The van der Waals surface area contributed by atoms with Crippen LogP contribution in [0.5, 0.6) is 0 Å². The van der Waals surface area contributed by atoms with Crippen LogP contribution in [0.25, 0.3) is 0 Å². The Bertz CT molecular complexity index is 509. The van der Waals surface area contributed by atoms with Crippen molar-refractivity contribution >= 4 is 29.1 Å². The lowest BCUT2D eigenvalue weighted by Gasteiger charge is -2.29. The second-order valence-corrected chi connectivity index (χ2v) is 4.97. The number of nitrogens with one attached hydrogen (secondary N) is 1. The summed E-state index contributed by atoms with van der Waals surface area (Å²) in [4.78, 5) is 11.9. The third-order valence-corrected chi connectivity index (χ3v) is 3.17. The fraction of sp³-hybridized carbons (Fsp3) is 0.154. The first-order valence-electron chi connectivity index (χ1n) is 5.33. The van der Waals surface area contributed by atoms with Crippen LogP contribution >= 0.6 is 23.2 Å². The Morgan fingerprint density at radius 3 is 2.67 bits per heavy atom. The van der Waals surface area contributed by atoms with E-state index in [1.165, 1.54) is 18.2 Å². The van der Waals surface area contributed by atoms with Gasteiger partial charge in [-0.1, -0.05) is 41.4 Å². The highest BCUT2D eigenvalue weighted by Gasteiger charge is 2.34. The van der Waals surface area contributed by atoms with Crippen LogP contribution in [0, 0.1) is 0 Å². The predicted molar refractivity (Wildman–Crippen MR) is 71.6 cm³/mol. The van der Waals surface area contributed by atoms with E-state index in [9.17, 15) is 9.90 Å². The van der Waals surface area contributed by atoms with E-state index in [0.717, 1.165) is 0 Å². The fourth-order valence-corrected chi connectivity index (χ4v) is 1.96. The second-order valence-electron chi connectivity index (χ2n) is 3.93. The summed E-state index contributed by atoms with van der Waals surface area (Å²) in [6.07, 6.45) is 4.32. The molecule has 3 nitrogen and oxygen atoms in total. The minimum atomic E-state index is -1.66. The Hall–Kier alpha value is -1.29. The summed E-state index contributed by atoms with van der Waals surface area (Å²) in [6.45, 7) is 0. The van der Waals surface area contributed by atoms with Crippen molar-refractivity contribution in [2.24, 2.45) is 0 Å². The molecule has 1 aromatic rings. The van der Waals surface area contributed by atoms with Crippen LogP contribution in [0.4, 0.5) is 0 Å². The van der Waals surface area contributed by atoms with Crippen LogP contribution in [0.3, 0.4) is 0 Å². The van der Waals surface area contributed by atoms with Gasteiger partial charge in [0.25, 0.3) is 5.91 Å². The topological polar surface area (TPSA) is 49.3 Å². The van der Waals surface area contributed by atoms with Crippen LogP contribution in [0.1, 0.15) is 10.4 Å². The van der Waals surface area contributed by atoms with Gasteiger partial charge in [-0.25, -0.2) is 0 Å². The van der Waals surface area contributed by atoms with E-state index in [0.29, 0.717) is 10.6 Å². The molecule has 94 valence electrons. The molecule has 0 aliphatic heterocycles. The number of allylic oxidation sites excluding steroid dienone is 2. The number of halogens is 2. The van der Waals surface area contributed by atoms with Gasteiger partial charge >= 0.3 is 0 Å². The monoisotopic (exact) mass is 283 g/mol. The van der Waals surface area contributed by atoms with E-state index < -0.39 is 11.1 Å². The average Bonchev–Trinajstić information content (AvgIpc) is 2.35. The first-order chi connectivity index (χ1) is 8.49. The number of rotatable bonds is 2. The maximum absolute atomic E-state index is 11.9. The summed E-state index contributed by atoms with van der Waals surface area (Å²) in [5.41, 5.74) is 0.490. The molecule has 0 heterocycles. The standard InChI is InChI=1S/C13H11Cl2NO2/c14-10-6-7-13(15,18)11(8-10)16-12(17)9-4-2-1-3-5-9/h1-8,11,18H,(H,16,17). The molecule has 0 fully saturated rings. The zero-order valence-electron chi connectivity index (χ0n) is 9.31. The van der Waals surface area contributed by atoms with Gasteiger partial charge in [0.1, 0.15) is 0 Å². The molecule has 1 aliphatic rings. The maximum Gasteiger partial charge on any atom is 0.251 e. The highest BCUT2D eigenvalue weighted by Crippen LogP contribution is 2.27. The molecule has 2 unspecified atom stereocenters. The van der Waals surface area contributed by atoms with Crippen molar-refractivity contribution in [3.05, 3.63) is 59.2 Å². The Labute approximate surface area is 115 Å². The fourth-order valence-electron chi connectivity index (χ4n) is 1.59. The lowest BCUT2D eigenvalue weighted by molar-refractivity contribution is 0.0874. The number of hydrogen-bond acceptors (Lipinski definition) is 2. The van der Waals surface area contributed by atoms with Crippen LogP contribution in [-0.2, 0) is 0 Å². The lowest BCUT2D eigenvalue weighted by atomic mass is 10.0. The molecule has 0 saturated carbocycles. The molecule has 2 rings (SSSR count). The van der Waals surface area contributed by atoms with Crippen molar-refractivity contribution in [2.75, 3.05) is 0 Å². The van der Waals surface area contributed by atoms with Gasteiger partial charge in [0.15, 0.2) is 5.06 Å². The van der Waals surface area contributed by atoms with Crippen LogP contribution in [0.2, 0.25) is 0 Å². The molecular formula is C13H11Cl2NO2. The number of carbonyl (C=O) groups is 1. The third kappa shape index (κ3) is 2.93. The molecule has 18 heavy (non-hydrogen) atoms. The molecule has 0 spiro atoms.